The summed E-state index contributed by atoms with van der Waals surface area (Å²) in [5.74, 6) is 0. The summed E-state index contributed by atoms with van der Waals surface area (Å²) in [7, 11) is 0. The second-order valence-electron chi connectivity index (χ2n) is 8.41. The predicted molar refractivity (Wildman–Crippen MR) is 167 cm³/mol. The molecule has 0 spiro atoms. The first-order valence-electron chi connectivity index (χ1n) is 12.7. The molecule has 200 valence electrons. The van der Waals surface area contributed by atoms with E-state index in [-0.39, 0.29) is 0 Å². The van der Waals surface area contributed by atoms with Gasteiger partial charge in [0.05, 0.1) is 11.4 Å². The van der Waals surface area contributed by atoms with Gasteiger partial charge >= 0.3 is 0 Å². The standard InChI is InChI=1S/3C12H10.H2O3S/c3*1-3-7-11(8-4-1)12-9-5-2-6-10-12;1-4(2)3/h3*1-10H;(H2,1,2,3)/p-1. The molecule has 0 aliphatic rings. The van der Waals surface area contributed by atoms with Crippen LogP contribution in [0.5, 0.6) is 0 Å². The second kappa shape index (κ2) is 17.8. The number of benzene rings is 6. The van der Waals surface area contributed by atoms with Gasteiger partial charge in [0, 0.05) is 0 Å². The van der Waals surface area contributed by atoms with E-state index in [4.69, 9.17) is 13.3 Å². The molecule has 0 aliphatic heterocycles. The molecule has 0 aliphatic carbocycles. The van der Waals surface area contributed by atoms with Crippen LogP contribution in [0.25, 0.3) is 33.4 Å². The Labute approximate surface area is 239 Å². The van der Waals surface area contributed by atoms with Gasteiger partial charge < -0.3 is 9.11 Å². The summed E-state index contributed by atoms with van der Waals surface area (Å²) in [6.07, 6.45) is 0. The molecule has 0 heterocycles. The van der Waals surface area contributed by atoms with Gasteiger partial charge in [-0.05, 0) is 33.4 Å². The van der Waals surface area contributed by atoms with Crippen LogP contribution in [0, 0.1) is 0 Å². The van der Waals surface area contributed by atoms with Gasteiger partial charge in [-0.25, -0.2) is 4.21 Å². The van der Waals surface area contributed by atoms with Crippen LogP contribution >= 0.6 is 0 Å². The Kier molecular flexibility index (Phi) is 13.3. The highest BCUT2D eigenvalue weighted by Gasteiger charge is 1.93. The summed E-state index contributed by atoms with van der Waals surface area (Å²) in [4.78, 5) is 0. The van der Waals surface area contributed by atoms with Gasteiger partial charge in [0.25, 0.3) is 0 Å². The van der Waals surface area contributed by atoms with Crippen molar-refractivity contribution in [2.24, 2.45) is 0 Å². The molecule has 0 amide bonds. The van der Waals surface area contributed by atoms with Crippen molar-refractivity contribution in [1.29, 1.82) is 0 Å². The molecule has 1 N–H and O–H groups in total. The molecule has 1 unspecified atom stereocenters. The Morgan fingerprint density at radius 3 is 0.525 bits per heavy atom. The van der Waals surface area contributed by atoms with Crippen LogP contribution in [0.1, 0.15) is 0 Å². The molecule has 0 saturated carbocycles. The fourth-order valence-corrected chi connectivity index (χ4v) is 3.78. The second-order valence-corrected chi connectivity index (χ2v) is 8.85. The first kappa shape index (κ1) is 29.9. The third-order valence-corrected chi connectivity index (χ3v) is 5.64. The van der Waals surface area contributed by atoms with Crippen LogP contribution in [-0.4, -0.2) is 13.3 Å². The minimum absolute atomic E-state index is 1.28. The topological polar surface area (TPSA) is 60.4 Å². The molecular weight excluding hydrogens is 512 g/mol. The zero-order chi connectivity index (χ0) is 28.3. The van der Waals surface area contributed by atoms with Crippen molar-refractivity contribution in [3.8, 4) is 33.4 Å². The van der Waals surface area contributed by atoms with Crippen molar-refractivity contribution < 1.29 is 13.3 Å². The summed E-state index contributed by atoms with van der Waals surface area (Å²) < 4.78 is 24.1. The summed E-state index contributed by atoms with van der Waals surface area (Å²) in [6, 6.07) is 62.3. The SMILES string of the molecule is O=S([O-])O.c1ccc(-c2ccccc2)cc1.c1ccc(-c2ccccc2)cc1.c1ccc(-c2ccccc2)cc1. The molecular formula is C36H31O3S-. The average molecular weight is 544 g/mol. The van der Waals surface area contributed by atoms with Gasteiger partial charge in [-0.3, -0.25) is 0 Å². The van der Waals surface area contributed by atoms with E-state index in [2.05, 4.69) is 146 Å². The lowest BCUT2D eigenvalue weighted by Crippen LogP contribution is -1.75. The van der Waals surface area contributed by atoms with Crippen molar-refractivity contribution in [3.05, 3.63) is 182 Å². The molecule has 0 aromatic heterocycles. The van der Waals surface area contributed by atoms with Gasteiger partial charge in [0.1, 0.15) is 0 Å². The van der Waals surface area contributed by atoms with Crippen LogP contribution in [0.15, 0.2) is 182 Å². The van der Waals surface area contributed by atoms with Gasteiger partial charge in [0.2, 0.25) is 0 Å². The van der Waals surface area contributed by atoms with E-state index in [1.54, 1.807) is 0 Å². The fourth-order valence-electron chi connectivity index (χ4n) is 3.78. The molecule has 3 nitrogen and oxygen atoms in total. The third-order valence-electron chi connectivity index (χ3n) is 5.64. The van der Waals surface area contributed by atoms with Crippen LogP contribution in [-0.2, 0) is 11.4 Å². The van der Waals surface area contributed by atoms with Gasteiger partial charge in [0.15, 0.2) is 0 Å². The van der Waals surface area contributed by atoms with Gasteiger partial charge in [-0.15, -0.1) is 0 Å². The Morgan fingerprint density at radius 2 is 0.425 bits per heavy atom. The lowest BCUT2D eigenvalue weighted by atomic mass is 10.1. The monoisotopic (exact) mass is 543 g/mol. The zero-order valence-electron chi connectivity index (χ0n) is 22.0. The van der Waals surface area contributed by atoms with Crippen molar-refractivity contribution in [2.45, 2.75) is 0 Å². The molecule has 0 fully saturated rings. The molecule has 1 atom stereocenters. The molecule has 0 radical (unpaired) electrons. The molecule has 0 bridgehead atoms. The molecule has 4 heteroatoms. The quantitative estimate of drug-likeness (QED) is 0.226. The lowest BCUT2D eigenvalue weighted by Gasteiger charge is -1.98. The van der Waals surface area contributed by atoms with Crippen LogP contribution in [0.3, 0.4) is 0 Å². The normalized spacial score (nSPS) is 10.2. The van der Waals surface area contributed by atoms with E-state index in [0.717, 1.165) is 0 Å². The molecule has 0 saturated heterocycles. The zero-order valence-corrected chi connectivity index (χ0v) is 22.8. The Balaban J connectivity index is 0.000000155. The Hall–Kier alpha value is -4.61. The van der Waals surface area contributed by atoms with Crippen LogP contribution < -0.4 is 0 Å². The molecule has 6 aromatic carbocycles. The highest BCUT2D eigenvalue weighted by atomic mass is 32.2. The first-order chi connectivity index (χ1) is 19.6. The minimum Gasteiger partial charge on any atom is -0.750 e. The maximum absolute atomic E-state index is 8.56. The van der Waals surface area contributed by atoms with E-state index in [1.165, 1.54) is 33.4 Å². The maximum Gasteiger partial charge on any atom is 0.0814 e. The Bertz CT molecular complexity index is 1180. The molecule has 6 aromatic rings. The number of hydrogen-bond acceptors (Lipinski definition) is 2. The molecule has 6 rings (SSSR count). The largest absolute Gasteiger partial charge is 0.750 e. The van der Waals surface area contributed by atoms with Crippen LogP contribution in [0.4, 0.5) is 0 Å². The van der Waals surface area contributed by atoms with E-state index in [1.807, 2.05) is 36.4 Å². The van der Waals surface area contributed by atoms with Gasteiger partial charge in [-0.1, -0.05) is 182 Å². The van der Waals surface area contributed by atoms with E-state index < -0.39 is 11.4 Å². The van der Waals surface area contributed by atoms with Crippen molar-refractivity contribution in [2.75, 3.05) is 0 Å². The van der Waals surface area contributed by atoms with Crippen molar-refractivity contribution in [3.63, 3.8) is 0 Å². The average Bonchev–Trinajstić information content (AvgIpc) is 3.04. The summed E-state index contributed by atoms with van der Waals surface area (Å²) >= 11 is -2.86. The minimum atomic E-state index is -2.86. The van der Waals surface area contributed by atoms with Crippen molar-refractivity contribution >= 4 is 11.4 Å². The summed E-state index contributed by atoms with van der Waals surface area (Å²) in [5, 5.41) is 0. The van der Waals surface area contributed by atoms with Crippen LogP contribution in [0.2, 0.25) is 0 Å². The van der Waals surface area contributed by atoms with Crippen molar-refractivity contribution in [1.82, 2.24) is 0 Å². The van der Waals surface area contributed by atoms with Gasteiger partial charge in [-0.2, -0.15) is 0 Å². The number of rotatable bonds is 3. The fraction of sp³-hybridized carbons (Fsp3) is 0. The van der Waals surface area contributed by atoms with E-state index in [0.29, 0.717) is 0 Å². The summed E-state index contributed by atoms with van der Waals surface area (Å²) in [6.45, 7) is 0. The number of hydrogen-bond donors (Lipinski definition) is 1. The highest BCUT2D eigenvalue weighted by Crippen LogP contribution is 2.19. The predicted octanol–water partition coefficient (Wildman–Crippen LogP) is 9.40. The lowest BCUT2D eigenvalue weighted by molar-refractivity contribution is 0.436. The Morgan fingerprint density at radius 1 is 0.325 bits per heavy atom. The third kappa shape index (κ3) is 11.4. The van der Waals surface area contributed by atoms with E-state index >= 15 is 0 Å². The smallest absolute Gasteiger partial charge is 0.0814 e. The summed E-state index contributed by atoms with van der Waals surface area (Å²) in [5.41, 5.74) is 7.66. The maximum atomic E-state index is 8.56. The van der Waals surface area contributed by atoms with E-state index in [9.17, 15) is 0 Å². The molecule has 40 heavy (non-hydrogen) atoms. The highest BCUT2D eigenvalue weighted by molar-refractivity contribution is 7.73. The first-order valence-corrected chi connectivity index (χ1v) is 13.8.